The molecular formula is C21H32O4. The van der Waals surface area contributed by atoms with E-state index in [1.54, 1.807) is 0 Å². The van der Waals surface area contributed by atoms with Gasteiger partial charge in [0.15, 0.2) is 6.61 Å². The molecule has 4 aliphatic rings. The maximum absolute atomic E-state index is 12.6. The van der Waals surface area contributed by atoms with Crippen LogP contribution >= 0.6 is 0 Å². The molecule has 25 heavy (non-hydrogen) atoms. The molecule has 9 unspecified atom stereocenters. The molecular weight excluding hydrogens is 316 g/mol. The molecule has 0 spiro atoms. The predicted octanol–water partition coefficient (Wildman–Crippen LogP) is 3.68. The van der Waals surface area contributed by atoms with Gasteiger partial charge in [0, 0.05) is 0 Å². The average molecular weight is 348 g/mol. The van der Waals surface area contributed by atoms with Crippen molar-refractivity contribution >= 4 is 11.9 Å². The van der Waals surface area contributed by atoms with Crippen LogP contribution in [0.1, 0.15) is 53.9 Å². The van der Waals surface area contributed by atoms with Gasteiger partial charge in [-0.25, -0.2) is 4.79 Å². The van der Waals surface area contributed by atoms with Gasteiger partial charge in [-0.2, -0.15) is 0 Å². The van der Waals surface area contributed by atoms with E-state index < -0.39 is 11.6 Å². The lowest BCUT2D eigenvalue weighted by Crippen LogP contribution is -2.41. The van der Waals surface area contributed by atoms with Crippen LogP contribution in [0.25, 0.3) is 0 Å². The highest BCUT2D eigenvalue weighted by Gasteiger charge is 2.66. The highest BCUT2D eigenvalue weighted by atomic mass is 16.6. The Morgan fingerprint density at radius 1 is 0.920 bits per heavy atom. The number of esters is 2. The number of hydrogen-bond donors (Lipinski definition) is 0. The summed E-state index contributed by atoms with van der Waals surface area (Å²) in [6, 6.07) is 0. The normalized spacial score (nSPS) is 47.0. The number of hydrogen-bond acceptors (Lipinski definition) is 4. The fraction of sp³-hybridized carbons (Fsp3) is 0.905. The SMILES string of the molecule is CC1C(C)C2CC1C1C3CC(C(=O)OCC(=O)OC(C)(C)C)C(C3)C21. The molecule has 4 bridgehead atoms. The monoisotopic (exact) mass is 348 g/mol. The van der Waals surface area contributed by atoms with E-state index in [4.69, 9.17) is 9.47 Å². The van der Waals surface area contributed by atoms with Gasteiger partial charge in [-0.05, 0) is 87.4 Å². The molecule has 9 atom stereocenters. The van der Waals surface area contributed by atoms with Crippen LogP contribution in [0.3, 0.4) is 0 Å². The number of ether oxygens (including phenoxy) is 2. The molecule has 0 aliphatic heterocycles. The molecule has 4 fully saturated rings. The van der Waals surface area contributed by atoms with E-state index >= 15 is 0 Å². The van der Waals surface area contributed by atoms with Crippen LogP contribution in [0.15, 0.2) is 0 Å². The minimum Gasteiger partial charge on any atom is -0.457 e. The fourth-order valence-corrected chi connectivity index (χ4v) is 7.11. The average Bonchev–Trinajstić information content (AvgIpc) is 3.22. The van der Waals surface area contributed by atoms with Crippen molar-refractivity contribution in [2.24, 2.45) is 53.3 Å². The minimum atomic E-state index is -0.543. The Labute approximate surface area is 151 Å². The fourth-order valence-electron chi connectivity index (χ4n) is 7.11. The van der Waals surface area contributed by atoms with E-state index in [0.717, 1.165) is 41.9 Å². The third-order valence-corrected chi connectivity index (χ3v) is 7.90. The lowest BCUT2D eigenvalue weighted by atomic mass is 9.62. The number of carbonyl (C=O) groups excluding carboxylic acids is 2. The molecule has 4 heteroatoms. The molecule has 0 N–H and O–H groups in total. The van der Waals surface area contributed by atoms with Gasteiger partial charge in [0.2, 0.25) is 0 Å². The first-order chi connectivity index (χ1) is 11.7. The predicted molar refractivity (Wildman–Crippen MR) is 93.4 cm³/mol. The van der Waals surface area contributed by atoms with E-state index in [-0.39, 0.29) is 18.5 Å². The van der Waals surface area contributed by atoms with Gasteiger partial charge in [0.1, 0.15) is 5.60 Å². The zero-order chi connectivity index (χ0) is 18.1. The van der Waals surface area contributed by atoms with Gasteiger partial charge in [-0.3, -0.25) is 4.79 Å². The molecule has 0 radical (unpaired) electrons. The summed E-state index contributed by atoms with van der Waals surface area (Å²) in [4.78, 5) is 24.4. The van der Waals surface area contributed by atoms with Gasteiger partial charge in [-0.15, -0.1) is 0 Å². The van der Waals surface area contributed by atoms with Crippen LogP contribution in [-0.4, -0.2) is 24.1 Å². The molecule has 0 saturated heterocycles. The quantitative estimate of drug-likeness (QED) is 0.577. The van der Waals surface area contributed by atoms with Crippen LogP contribution in [0.2, 0.25) is 0 Å². The smallest absolute Gasteiger partial charge is 0.344 e. The van der Waals surface area contributed by atoms with Crippen molar-refractivity contribution in [2.45, 2.75) is 59.5 Å². The van der Waals surface area contributed by atoms with Crippen LogP contribution < -0.4 is 0 Å². The van der Waals surface area contributed by atoms with Gasteiger partial charge in [0.25, 0.3) is 0 Å². The zero-order valence-electron chi connectivity index (χ0n) is 16.2. The molecule has 0 aromatic rings. The molecule has 4 rings (SSSR count). The second-order valence-corrected chi connectivity index (χ2v) is 10.1. The number of rotatable bonds is 3. The molecule has 4 aliphatic carbocycles. The Bertz CT molecular complexity index is 577. The Morgan fingerprint density at radius 2 is 1.56 bits per heavy atom. The third kappa shape index (κ3) is 2.71. The third-order valence-electron chi connectivity index (χ3n) is 7.90. The lowest BCUT2D eigenvalue weighted by molar-refractivity contribution is -0.169. The molecule has 0 heterocycles. The van der Waals surface area contributed by atoms with Crippen molar-refractivity contribution in [2.75, 3.05) is 6.61 Å². The van der Waals surface area contributed by atoms with Gasteiger partial charge >= 0.3 is 11.9 Å². The Balaban J connectivity index is 1.37. The van der Waals surface area contributed by atoms with Crippen molar-refractivity contribution in [3.8, 4) is 0 Å². The van der Waals surface area contributed by atoms with Crippen molar-refractivity contribution in [1.82, 2.24) is 0 Å². The standard InChI is InChI=1S/C21H32O4/c1-10-11(2)14-8-13(10)18-12-6-15(19(14)18)16(7-12)20(23)24-9-17(22)25-21(3,4)5/h10-16,18-19H,6-9H2,1-5H3. The van der Waals surface area contributed by atoms with E-state index in [9.17, 15) is 9.59 Å². The summed E-state index contributed by atoms with van der Waals surface area (Å²) in [5.74, 6) is 5.52. The Morgan fingerprint density at radius 3 is 2.20 bits per heavy atom. The van der Waals surface area contributed by atoms with Crippen molar-refractivity contribution in [1.29, 1.82) is 0 Å². The summed E-state index contributed by atoms with van der Waals surface area (Å²) < 4.78 is 10.6. The van der Waals surface area contributed by atoms with E-state index in [0.29, 0.717) is 11.8 Å². The number of fused-ring (bicyclic) bond motifs is 9. The van der Waals surface area contributed by atoms with E-state index in [2.05, 4.69) is 13.8 Å². The maximum atomic E-state index is 12.6. The molecule has 4 nitrogen and oxygen atoms in total. The first-order valence-corrected chi connectivity index (χ1v) is 10.1. The van der Waals surface area contributed by atoms with Crippen molar-refractivity contribution < 1.29 is 19.1 Å². The van der Waals surface area contributed by atoms with Crippen LogP contribution in [0.5, 0.6) is 0 Å². The topological polar surface area (TPSA) is 52.6 Å². The summed E-state index contributed by atoms with van der Waals surface area (Å²) >= 11 is 0. The van der Waals surface area contributed by atoms with Crippen molar-refractivity contribution in [3.05, 3.63) is 0 Å². The second kappa shape index (κ2) is 5.72. The summed E-state index contributed by atoms with van der Waals surface area (Å²) in [6.07, 6.45) is 3.56. The summed E-state index contributed by atoms with van der Waals surface area (Å²) in [5.41, 5.74) is -0.543. The summed E-state index contributed by atoms with van der Waals surface area (Å²) in [5, 5.41) is 0. The first kappa shape index (κ1) is 17.4. The Kier molecular flexibility index (Phi) is 3.97. The highest BCUT2D eigenvalue weighted by molar-refractivity contribution is 5.78. The molecule has 140 valence electrons. The van der Waals surface area contributed by atoms with Gasteiger partial charge in [-0.1, -0.05) is 13.8 Å². The van der Waals surface area contributed by atoms with Crippen LogP contribution in [-0.2, 0) is 19.1 Å². The largest absolute Gasteiger partial charge is 0.457 e. The molecule has 0 amide bonds. The first-order valence-electron chi connectivity index (χ1n) is 10.1. The highest BCUT2D eigenvalue weighted by Crippen LogP contribution is 2.71. The van der Waals surface area contributed by atoms with Gasteiger partial charge in [0.05, 0.1) is 5.92 Å². The molecule has 4 saturated carbocycles. The molecule has 0 aromatic heterocycles. The van der Waals surface area contributed by atoms with Crippen LogP contribution in [0, 0.1) is 53.3 Å². The Hall–Kier alpha value is -1.06. The minimum absolute atomic E-state index is 0.00976. The zero-order valence-corrected chi connectivity index (χ0v) is 16.2. The van der Waals surface area contributed by atoms with Gasteiger partial charge < -0.3 is 9.47 Å². The number of carbonyl (C=O) groups is 2. The summed E-state index contributed by atoms with van der Waals surface area (Å²) in [6.45, 7) is 10.1. The summed E-state index contributed by atoms with van der Waals surface area (Å²) in [7, 11) is 0. The van der Waals surface area contributed by atoms with E-state index in [1.165, 1.54) is 12.8 Å². The van der Waals surface area contributed by atoms with Crippen LogP contribution in [0.4, 0.5) is 0 Å². The second-order valence-electron chi connectivity index (χ2n) is 10.1. The maximum Gasteiger partial charge on any atom is 0.344 e. The van der Waals surface area contributed by atoms with E-state index in [1.807, 2.05) is 20.8 Å². The lowest BCUT2D eigenvalue weighted by Gasteiger charge is -2.43. The van der Waals surface area contributed by atoms with Crippen molar-refractivity contribution in [3.63, 3.8) is 0 Å². The molecule has 0 aromatic carbocycles.